The van der Waals surface area contributed by atoms with Gasteiger partial charge in [0.25, 0.3) is 0 Å². The summed E-state index contributed by atoms with van der Waals surface area (Å²) in [6.45, 7) is 8.02. The molecule has 0 aromatic rings. The smallest absolute Gasteiger partial charge is 0.0331 e. The Labute approximate surface area is 120 Å². The van der Waals surface area contributed by atoms with Crippen LogP contribution in [0.15, 0.2) is 0 Å². The lowest BCUT2D eigenvalue weighted by Gasteiger charge is -2.43. The van der Waals surface area contributed by atoms with Crippen LogP contribution in [-0.2, 0) is 0 Å². The summed E-state index contributed by atoms with van der Waals surface area (Å²) in [5.74, 6) is 1.95. The van der Waals surface area contributed by atoms with Gasteiger partial charge in [0.15, 0.2) is 0 Å². The quantitative estimate of drug-likeness (QED) is 0.710. The maximum Gasteiger partial charge on any atom is 0.0331 e. The molecule has 0 aromatic heterocycles. The number of nitrogens with zero attached hydrogens (tertiary/aromatic N) is 1. The van der Waals surface area contributed by atoms with E-state index in [-0.39, 0.29) is 0 Å². The highest BCUT2D eigenvalue weighted by Gasteiger charge is 2.38. The molecule has 0 saturated heterocycles. The highest BCUT2D eigenvalue weighted by atomic mass is 15.2. The Morgan fingerprint density at radius 2 is 1.84 bits per heavy atom. The second-order valence-corrected chi connectivity index (χ2v) is 7.00. The van der Waals surface area contributed by atoms with Crippen LogP contribution in [0.4, 0.5) is 0 Å². The van der Waals surface area contributed by atoms with Gasteiger partial charge in [0.2, 0.25) is 0 Å². The van der Waals surface area contributed by atoms with Crippen LogP contribution >= 0.6 is 0 Å². The fourth-order valence-corrected chi connectivity index (χ4v) is 4.08. The first-order valence-electron chi connectivity index (χ1n) is 8.69. The van der Waals surface area contributed by atoms with E-state index in [9.17, 15) is 0 Å². The zero-order valence-electron chi connectivity index (χ0n) is 13.2. The highest BCUT2D eigenvalue weighted by molar-refractivity contribution is 4.95. The van der Waals surface area contributed by atoms with E-state index in [1.54, 1.807) is 0 Å². The van der Waals surface area contributed by atoms with Gasteiger partial charge in [-0.2, -0.15) is 0 Å². The van der Waals surface area contributed by atoms with Gasteiger partial charge in [-0.05, 0) is 50.5 Å². The van der Waals surface area contributed by atoms with Crippen LogP contribution in [0.2, 0.25) is 0 Å². The minimum absolute atomic E-state index is 0.333. The summed E-state index contributed by atoms with van der Waals surface area (Å²) in [6.07, 6.45) is 12.6. The standard InChI is InChI=1S/C17H34N2/c1-3-6-15-7-5-11-17(14-18,12-10-15)19(4-2)13-16-8-9-16/h15-16H,3-14,18H2,1-2H3. The molecule has 2 nitrogen and oxygen atoms in total. The fourth-order valence-electron chi connectivity index (χ4n) is 4.08. The van der Waals surface area contributed by atoms with Gasteiger partial charge >= 0.3 is 0 Å². The average molecular weight is 266 g/mol. The van der Waals surface area contributed by atoms with Crippen LogP contribution in [-0.4, -0.2) is 30.1 Å². The van der Waals surface area contributed by atoms with E-state index in [2.05, 4.69) is 18.7 Å². The molecule has 2 fully saturated rings. The third-order valence-corrected chi connectivity index (χ3v) is 5.58. The first-order valence-corrected chi connectivity index (χ1v) is 8.69. The van der Waals surface area contributed by atoms with E-state index < -0.39 is 0 Å². The minimum atomic E-state index is 0.333. The lowest BCUT2D eigenvalue weighted by atomic mass is 9.86. The van der Waals surface area contributed by atoms with Crippen molar-refractivity contribution in [2.75, 3.05) is 19.6 Å². The molecule has 2 N–H and O–H groups in total. The largest absolute Gasteiger partial charge is 0.329 e. The number of likely N-dealkylation sites (N-methyl/N-ethyl adjacent to an activating group) is 1. The fraction of sp³-hybridized carbons (Fsp3) is 1.00. The Balaban J connectivity index is 1.98. The molecule has 0 aromatic carbocycles. The van der Waals surface area contributed by atoms with E-state index >= 15 is 0 Å². The third kappa shape index (κ3) is 3.95. The molecule has 0 spiro atoms. The van der Waals surface area contributed by atoms with Crippen molar-refractivity contribution in [3.8, 4) is 0 Å². The van der Waals surface area contributed by atoms with Crippen LogP contribution in [0, 0.1) is 11.8 Å². The second kappa shape index (κ2) is 7.08. The van der Waals surface area contributed by atoms with Gasteiger partial charge in [0.1, 0.15) is 0 Å². The van der Waals surface area contributed by atoms with Gasteiger partial charge in [-0.3, -0.25) is 4.90 Å². The van der Waals surface area contributed by atoms with Crippen molar-refractivity contribution in [2.45, 2.75) is 77.2 Å². The molecule has 2 saturated carbocycles. The molecule has 2 unspecified atom stereocenters. The van der Waals surface area contributed by atoms with Gasteiger partial charge in [0.05, 0.1) is 0 Å². The molecule has 0 heterocycles. The van der Waals surface area contributed by atoms with E-state index in [0.29, 0.717) is 5.54 Å². The van der Waals surface area contributed by atoms with Crippen LogP contribution in [0.3, 0.4) is 0 Å². The Kier molecular flexibility index (Phi) is 5.70. The van der Waals surface area contributed by atoms with Gasteiger partial charge in [-0.15, -0.1) is 0 Å². The molecule has 112 valence electrons. The van der Waals surface area contributed by atoms with E-state index in [0.717, 1.165) is 18.4 Å². The molecule has 0 amide bonds. The van der Waals surface area contributed by atoms with Crippen molar-refractivity contribution in [3.63, 3.8) is 0 Å². The highest BCUT2D eigenvalue weighted by Crippen LogP contribution is 2.38. The predicted octanol–water partition coefficient (Wildman–Crippen LogP) is 3.80. The molecule has 0 radical (unpaired) electrons. The second-order valence-electron chi connectivity index (χ2n) is 7.00. The topological polar surface area (TPSA) is 29.3 Å². The van der Waals surface area contributed by atoms with Crippen LogP contribution in [0.5, 0.6) is 0 Å². The molecule has 2 atom stereocenters. The monoisotopic (exact) mass is 266 g/mol. The summed E-state index contributed by atoms with van der Waals surface area (Å²) in [7, 11) is 0. The third-order valence-electron chi connectivity index (χ3n) is 5.58. The predicted molar refractivity (Wildman–Crippen MR) is 83.2 cm³/mol. The van der Waals surface area contributed by atoms with Gasteiger partial charge in [0, 0.05) is 18.6 Å². The van der Waals surface area contributed by atoms with Crippen molar-refractivity contribution in [1.29, 1.82) is 0 Å². The van der Waals surface area contributed by atoms with Gasteiger partial charge < -0.3 is 5.73 Å². The van der Waals surface area contributed by atoms with Crippen molar-refractivity contribution in [3.05, 3.63) is 0 Å². The minimum Gasteiger partial charge on any atom is -0.329 e. The van der Waals surface area contributed by atoms with Crippen molar-refractivity contribution in [1.82, 2.24) is 4.90 Å². The summed E-state index contributed by atoms with van der Waals surface area (Å²) in [6, 6.07) is 0. The molecular formula is C17H34N2. The Hall–Kier alpha value is -0.0800. The number of hydrogen-bond acceptors (Lipinski definition) is 2. The molecule has 2 rings (SSSR count). The maximum absolute atomic E-state index is 6.26. The molecular weight excluding hydrogens is 232 g/mol. The van der Waals surface area contributed by atoms with Crippen molar-refractivity contribution in [2.24, 2.45) is 17.6 Å². The van der Waals surface area contributed by atoms with E-state index in [1.807, 2.05) is 0 Å². The molecule has 0 aliphatic heterocycles. The van der Waals surface area contributed by atoms with Crippen molar-refractivity contribution < 1.29 is 0 Å². The lowest BCUT2D eigenvalue weighted by molar-refractivity contribution is 0.0772. The van der Waals surface area contributed by atoms with Gasteiger partial charge in [-0.1, -0.05) is 39.5 Å². The van der Waals surface area contributed by atoms with Crippen LogP contribution < -0.4 is 5.73 Å². The summed E-state index contributed by atoms with van der Waals surface area (Å²) in [5, 5.41) is 0. The van der Waals surface area contributed by atoms with Crippen molar-refractivity contribution >= 4 is 0 Å². The number of rotatable bonds is 7. The summed E-state index contributed by atoms with van der Waals surface area (Å²) >= 11 is 0. The van der Waals surface area contributed by atoms with Gasteiger partial charge in [-0.25, -0.2) is 0 Å². The van der Waals surface area contributed by atoms with E-state index in [1.165, 1.54) is 70.9 Å². The summed E-state index contributed by atoms with van der Waals surface area (Å²) in [4.78, 5) is 2.75. The SMILES string of the molecule is CCCC1CCCC(CN)(N(CC)CC2CC2)CC1. The molecule has 2 aliphatic carbocycles. The van der Waals surface area contributed by atoms with Crippen LogP contribution in [0.25, 0.3) is 0 Å². The molecule has 2 heteroatoms. The zero-order valence-corrected chi connectivity index (χ0v) is 13.2. The maximum atomic E-state index is 6.26. The zero-order chi connectivity index (χ0) is 13.7. The lowest BCUT2D eigenvalue weighted by Crippen LogP contribution is -2.54. The molecule has 2 aliphatic rings. The summed E-state index contributed by atoms with van der Waals surface area (Å²) in [5.41, 5.74) is 6.59. The number of nitrogens with two attached hydrogens (primary N) is 1. The number of hydrogen-bond donors (Lipinski definition) is 1. The summed E-state index contributed by atoms with van der Waals surface area (Å²) < 4.78 is 0. The Bertz CT molecular complexity index is 262. The first-order chi connectivity index (χ1) is 9.24. The first kappa shape index (κ1) is 15.3. The Morgan fingerprint density at radius 1 is 1.05 bits per heavy atom. The molecule has 0 bridgehead atoms. The normalized spacial score (nSPS) is 32.5. The van der Waals surface area contributed by atoms with E-state index in [4.69, 9.17) is 5.73 Å². The van der Waals surface area contributed by atoms with Crippen LogP contribution in [0.1, 0.15) is 71.6 Å². The average Bonchev–Trinajstić information content (AvgIpc) is 3.24. The molecule has 19 heavy (non-hydrogen) atoms. The Morgan fingerprint density at radius 3 is 2.42 bits per heavy atom.